The molecule has 2 rings (SSSR count). The maximum atomic E-state index is 12.2. The molecule has 0 aliphatic rings. The third kappa shape index (κ3) is 2.62. The number of para-hydroxylation sites is 2. The normalized spacial score (nSPS) is 10.4. The van der Waals surface area contributed by atoms with E-state index >= 15 is 0 Å². The lowest BCUT2D eigenvalue weighted by atomic mass is 10.3. The van der Waals surface area contributed by atoms with Crippen molar-refractivity contribution in [2.75, 3.05) is 5.32 Å². The minimum Gasteiger partial charge on any atom is -0.710 e. The number of aromatic nitrogens is 2. The predicted molar refractivity (Wildman–Crippen MR) is 71.8 cm³/mol. The van der Waals surface area contributed by atoms with Gasteiger partial charge in [0.2, 0.25) is 5.52 Å². The Labute approximate surface area is 120 Å². The Morgan fingerprint density at radius 1 is 1.29 bits per heavy atom. The van der Waals surface area contributed by atoms with E-state index in [1.807, 2.05) is 0 Å². The van der Waals surface area contributed by atoms with Gasteiger partial charge in [-0.3, -0.25) is 0 Å². The molecule has 21 heavy (non-hydrogen) atoms. The number of anilines is 1. The maximum absolute atomic E-state index is 12.2. The molecular formula is C13H12N4O4. The minimum atomic E-state index is -0.915. The summed E-state index contributed by atoms with van der Waals surface area (Å²) in [4.78, 5) is 11.6. The fraction of sp³-hybridized carbons (Fsp3) is 0.231. The van der Waals surface area contributed by atoms with Gasteiger partial charge in [-0.25, -0.2) is 4.73 Å². The summed E-state index contributed by atoms with van der Waals surface area (Å²) < 4.78 is 5.46. The molecule has 0 aliphatic carbocycles. The van der Waals surface area contributed by atoms with Crippen molar-refractivity contribution < 1.29 is 19.0 Å². The lowest BCUT2D eigenvalue weighted by Gasteiger charge is -2.13. The molecule has 0 fully saturated rings. The van der Waals surface area contributed by atoms with E-state index < -0.39 is 23.7 Å². The first kappa shape index (κ1) is 14.3. The highest BCUT2D eigenvalue weighted by Gasteiger charge is 2.29. The van der Waals surface area contributed by atoms with Gasteiger partial charge >= 0.3 is 17.6 Å². The smallest absolute Gasteiger partial charge is 0.505 e. The van der Waals surface area contributed by atoms with Crippen LogP contribution in [-0.4, -0.2) is 12.2 Å². The lowest BCUT2D eigenvalue weighted by Crippen LogP contribution is -2.44. The number of carbonyl (C=O) groups is 1. The van der Waals surface area contributed by atoms with Gasteiger partial charge in [-0.2, -0.15) is 15.4 Å². The number of rotatable bonds is 2. The molecule has 2 aromatic rings. The molecule has 0 atom stereocenters. The van der Waals surface area contributed by atoms with Crippen molar-refractivity contribution in [2.24, 2.45) is 0 Å². The molecule has 1 aromatic heterocycles. The highest BCUT2D eigenvalue weighted by atomic mass is 16.6. The molecule has 0 saturated carbocycles. The molecular weight excluding hydrogens is 276 g/mol. The van der Waals surface area contributed by atoms with Crippen LogP contribution < -0.4 is 14.8 Å². The Morgan fingerprint density at radius 3 is 2.38 bits per heavy atom. The van der Waals surface area contributed by atoms with Crippen LogP contribution in [0, 0.1) is 21.7 Å². The second-order valence-electron chi connectivity index (χ2n) is 4.47. The average molecular weight is 288 g/mol. The molecule has 0 saturated heterocycles. The second kappa shape index (κ2) is 5.50. The Morgan fingerprint density at radius 2 is 1.86 bits per heavy atom. The van der Waals surface area contributed by atoms with E-state index in [-0.39, 0.29) is 11.0 Å². The summed E-state index contributed by atoms with van der Waals surface area (Å²) >= 11 is 0. The molecule has 1 amide bonds. The monoisotopic (exact) mass is 288 g/mol. The van der Waals surface area contributed by atoms with Crippen LogP contribution in [0.15, 0.2) is 24.3 Å². The molecule has 0 radical (unpaired) electrons. The molecule has 8 nitrogen and oxygen atoms in total. The van der Waals surface area contributed by atoms with Crippen molar-refractivity contribution in [1.82, 2.24) is 0 Å². The summed E-state index contributed by atoms with van der Waals surface area (Å²) in [5, 5.41) is 35.5. The van der Waals surface area contributed by atoms with Gasteiger partial charge < -0.3 is 15.2 Å². The highest BCUT2D eigenvalue weighted by molar-refractivity contribution is 5.84. The summed E-state index contributed by atoms with van der Waals surface area (Å²) in [7, 11) is 0. The molecule has 0 aliphatic heterocycles. The summed E-state index contributed by atoms with van der Waals surface area (Å²) in [5.74, 6) is -0.461. The molecule has 0 bridgehead atoms. The Bertz CT molecular complexity index is 752. The zero-order valence-electron chi connectivity index (χ0n) is 11.4. The first-order chi connectivity index (χ1) is 9.95. The predicted octanol–water partition coefficient (Wildman–Crippen LogP) is 0.935. The molecule has 0 unspecified atom stereocenters. The van der Waals surface area contributed by atoms with Crippen LogP contribution in [0.5, 0.6) is 0 Å². The van der Waals surface area contributed by atoms with Crippen LogP contribution in [-0.2, 0) is 4.74 Å². The van der Waals surface area contributed by atoms with Crippen molar-refractivity contribution in [3.63, 3.8) is 0 Å². The van der Waals surface area contributed by atoms with Gasteiger partial charge in [0.15, 0.2) is 6.07 Å². The Balaban J connectivity index is 2.60. The van der Waals surface area contributed by atoms with E-state index in [0.717, 1.165) is 0 Å². The number of amides is 1. The third-order valence-corrected chi connectivity index (χ3v) is 2.62. The van der Waals surface area contributed by atoms with Crippen molar-refractivity contribution in [3.05, 3.63) is 40.4 Å². The fourth-order valence-electron chi connectivity index (χ4n) is 1.79. The molecule has 1 N–H and O–H groups in total. The van der Waals surface area contributed by atoms with Crippen LogP contribution in [0.4, 0.5) is 10.6 Å². The van der Waals surface area contributed by atoms with Crippen LogP contribution in [0.3, 0.4) is 0 Å². The first-order valence-corrected chi connectivity index (χ1v) is 6.11. The molecule has 8 heteroatoms. The van der Waals surface area contributed by atoms with Crippen molar-refractivity contribution >= 4 is 22.9 Å². The van der Waals surface area contributed by atoms with Crippen molar-refractivity contribution in [3.8, 4) is 6.07 Å². The van der Waals surface area contributed by atoms with Gasteiger partial charge in [0, 0.05) is 6.07 Å². The van der Waals surface area contributed by atoms with Gasteiger partial charge in [-0.15, -0.1) is 4.73 Å². The standard InChI is InChI=1S/C13H12N4O4/c1-8(2)21-13(18)15-12-11(7-14)16(19)9-5-3-4-6-10(9)17(12)20/h3-6,8H,1-2H3,(H,15,18). The zero-order valence-corrected chi connectivity index (χ0v) is 11.4. The first-order valence-electron chi connectivity index (χ1n) is 6.11. The fourth-order valence-corrected chi connectivity index (χ4v) is 1.79. The topological polar surface area (TPSA) is 116 Å². The van der Waals surface area contributed by atoms with Crippen LogP contribution in [0.25, 0.3) is 11.0 Å². The third-order valence-electron chi connectivity index (χ3n) is 2.62. The summed E-state index contributed by atoms with van der Waals surface area (Å²) in [5.41, 5.74) is -0.442. The van der Waals surface area contributed by atoms with Gasteiger partial charge in [0.05, 0.1) is 0 Å². The van der Waals surface area contributed by atoms with Crippen LogP contribution in [0.2, 0.25) is 0 Å². The van der Waals surface area contributed by atoms with E-state index in [0.29, 0.717) is 9.46 Å². The van der Waals surface area contributed by atoms with E-state index in [9.17, 15) is 15.2 Å². The van der Waals surface area contributed by atoms with Gasteiger partial charge in [-0.1, -0.05) is 12.1 Å². The Hall–Kier alpha value is -3.08. The number of fused-ring (bicyclic) bond motifs is 1. The largest absolute Gasteiger partial charge is 0.710 e. The summed E-state index contributed by atoms with van der Waals surface area (Å²) in [6.07, 6.45) is -1.32. The van der Waals surface area contributed by atoms with E-state index in [2.05, 4.69) is 5.32 Å². The van der Waals surface area contributed by atoms with Crippen LogP contribution in [0.1, 0.15) is 19.5 Å². The van der Waals surface area contributed by atoms with Crippen LogP contribution >= 0.6 is 0 Å². The number of nitriles is 1. The van der Waals surface area contributed by atoms with Gasteiger partial charge in [0.1, 0.15) is 6.10 Å². The highest BCUT2D eigenvalue weighted by Crippen LogP contribution is 2.12. The number of carbonyl (C=O) groups excluding carboxylic acids is 1. The summed E-state index contributed by atoms with van der Waals surface area (Å²) in [6, 6.07) is 7.57. The van der Waals surface area contributed by atoms with Gasteiger partial charge in [0.25, 0.3) is 5.52 Å². The van der Waals surface area contributed by atoms with Crippen molar-refractivity contribution in [2.45, 2.75) is 20.0 Å². The number of nitrogens with one attached hydrogen (secondary N) is 1. The van der Waals surface area contributed by atoms with E-state index in [1.54, 1.807) is 32.0 Å². The number of benzene rings is 1. The van der Waals surface area contributed by atoms with E-state index in [4.69, 9.17) is 10.00 Å². The quantitative estimate of drug-likeness (QED) is 0.652. The number of ether oxygens (including phenoxy) is 1. The Kier molecular flexibility index (Phi) is 3.75. The second-order valence-corrected chi connectivity index (χ2v) is 4.47. The number of hydrogen-bond donors (Lipinski definition) is 1. The number of nitrogens with zero attached hydrogens (tertiary/aromatic N) is 3. The minimum absolute atomic E-state index is 0.0337. The molecule has 108 valence electrons. The number of hydrogen-bond acceptors (Lipinski definition) is 5. The SMILES string of the molecule is CC(C)OC(=O)Nc1c(C#N)[n+]([O-])c2ccccc2[n+]1[O-]. The summed E-state index contributed by atoms with van der Waals surface area (Å²) in [6.45, 7) is 3.26. The lowest BCUT2D eigenvalue weighted by molar-refractivity contribution is -0.620. The molecule has 0 spiro atoms. The van der Waals surface area contributed by atoms with E-state index in [1.165, 1.54) is 12.1 Å². The van der Waals surface area contributed by atoms with Gasteiger partial charge in [-0.05, 0) is 19.9 Å². The average Bonchev–Trinajstić information content (AvgIpc) is 2.44. The molecule has 1 heterocycles. The van der Waals surface area contributed by atoms with Crippen molar-refractivity contribution in [1.29, 1.82) is 5.26 Å². The maximum Gasteiger partial charge on any atom is 0.505 e. The molecule has 1 aromatic carbocycles. The zero-order chi connectivity index (χ0) is 15.6.